The molecule has 1 aliphatic heterocycles. The van der Waals surface area contributed by atoms with E-state index < -0.39 is 0 Å². The van der Waals surface area contributed by atoms with Crippen molar-refractivity contribution in [3.63, 3.8) is 0 Å². The molecule has 0 saturated carbocycles. The van der Waals surface area contributed by atoms with Crippen LogP contribution in [0.5, 0.6) is 0 Å². The SMILES string of the molecule is CC1(C)CC(NCc2cc(Cl)ccc2F)CC(C)(C)N1. The Balaban J connectivity index is 2.01. The Morgan fingerprint density at radius 1 is 1.25 bits per heavy atom. The molecule has 1 saturated heterocycles. The van der Waals surface area contributed by atoms with Crippen LogP contribution in [0.1, 0.15) is 46.1 Å². The molecule has 0 spiro atoms. The predicted molar refractivity (Wildman–Crippen MR) is 82.6 cm³/mol. The van der Waals surface area contributed by atoms with Gasteiger partial charge in [0.05, 0.1) is 0 Å². The highest BCUT2D eigenvalue weighted by atomic mass is 35.5. The third-order valence-corrected chi connectivity index (χ3v) is 4.01. The fourth-order valence-electron chi connectivity index (χ4n) is 3.40. The van der Waals surface area contributed by atoms with Crippen molar-refractivity contribution in [2.45, 2.75) is 64.2 Å². The number of hydrogen-bond donors (Lipinski definition) is 2. The highest BCUT2D eigenvalue weighted by molar-refractivity contribution is 6.30. The van der Waals surface area contributed by atoms with Gasteiger partial charge in [0.25, 0.3) is 0 Å². The van der Waals surface area contributed by atoms with Gasteiger partial charge in [0.2, 0.25) is 0 Å². The van der Waals surface area contributed by atoms with Crippen LogP contribution in [0.2, 0.25) is 5.02 Å². The quantitative estimate of drug-likeness (QED) is 0.885. The van der Waals surface area contributed by atoms with Crippen LogP contribution in [0, 0.1) is 5.82 Å². The lowest BCUT2D eigenvalue weighted by molar-refractivity contribution is 0.145. The van der Waals surface area contributed by atoms with E-state index in [4.69, 9.17) is 11.6 Å². The summed E-state index contributed by atoms with van der Waals surface area (Å²) in [6, 6.07) is 5.08. The standard InChI is InChI=1S/C16H24ClFN2/c1-15(2)8-13(9-16(3,4)20-15)19-10-11-7-12(17)5-6-14(11)18/h5-7,13,19-20H,8-10H2,1-4H3. The van der Waals surface area contributed by atoms with Crippen molar-refractivity contribution < 1.29 is 4.39 Å². The minimum absolute atomic E-state index is 0.0896. The summed E-state index contributed by atoms with van der Waals surface area (Å²) in [6.07, 6.45) is 2.05. The molecule has 1 aromatic carbocycles. The smallest absolute Gasteiger partial charge is 0.127 e. The highest BCUT2D eigenvalue weighted by Gasteiger charge is 2.37. The summed E-state index contributed by atoms with van der Waals surface area (Å²) >= 11 is 5.92. The number of halogens is 2. The summed E-state index contributed by atoms with van der Waals surface area (Å²) in [7, 11) is 0. The fraction of sp³-hybridized carbons (Fsp3) is 0.625. The zero-order valence-corrected chi connectivity index (χ0v) is 13.4. The van der Waals surface area contributed by atoms with E-state index >= 15 is 0 Å². The Hall–Kier alpha value is -0.640. The first-order chi connectivity index (χ1) is 9.17. The second kappa shape index (κ2) is 5.63. The summed E-state index contributed by atoms with van der Waals surface area (Å²) in [5.41, 5.74) is 0.810. The monoisotopic (exact) mass is 298 g/mol. The summed E-state index contributed by atoms with van der Waals surface area (Å²) in [5, 5.41) is 7.70. The van der Waals surface area contributed by atoms with Crippen molar-refractivity contribution >= 4 is 11.6 Å². The van der Waals surface area contributed by atoms with Gasteiger partial charge in [0.1, 0.15) is 5.82 Å². The van der Waals surface area contributed by atoms with Gasteiger partial charge in [0, 0.05) is 34.3 Å². The minimum Gasteiger partial charge on any atom is -0.310 e. The van der Waals surface area contributed by atoms with Gasteiger partial charge in [-0.2, -0.15) is 0 Å². The second-order valence-electron chi connectivity index (χ2n) is 7.11. The molecule has 2 N–H and O–H groups in total. The van der Waals surface area contributed by atoms with E-state index in [9.17, 15) is 4.39 Å². The molecular weight excluding hydrogens is 275 g/mol. The first kappa shape index (κ1) is 15.7. The minimum atomic E-state index is -0.200. The molecule has 2 rings (SSSR count). The van der Waals surface area contributed by atoms with Crippen LogP contribution in [0.4, 0.5) is 4.39 Å². The van der Waals surface area contributed by atoms with Crippen LogP contribution in [0.25, 0.3) is 0 Å². The maximum atomic E-state index is 13.7. The third-order valence-electron chi connectivity index (χ3n) is 3.78. The Labute approximate surface area is 126 Å². The van der Waals surface area contributed by atoms with E-state index in [-0.39, 0.29) is 16.9 Å². The summed E-state index contributed by atoms with van der Waals surface area (Å²) in [4.78, 5) is 0. The average Bonchev–Trinajstić information content (AvgIpc) is 2.26. The number of hydrogen-bond acceptors (Lipinski definition) is 2. The Morgan fingerprint density at radius 3 is 2.45 bits per heavy atom. The largest absolute Gasteiger partial charge is 0.310 e. The summed E-state index contributed by atoms with van der Waals surface area (Å²) in [5.74, 6) is -0.200. The Kier molecular flexibility index (Phi) is 4.43. The molecule has 1 aromatic rings. The number of rotatable bonds is 3. The Morgan fingerprint density at radius 2 is 1.85 bits per heavy atom. The predicted octanol–water partition coefficient (Wildman–Crippen LogP) is 3.88. The molecule has 0 radical (unpaired) electrons. The van der Waals surface area contributed by atoms with Gasteiger partial charge in [-0.15, -0.1) is 0 Å². The summed E-state index contributed by atoms with van der Waals surface area (Å²) in [6.45, 7) is 9.36. The normalized spacial score (nSPS) is 21.9. The van der Waals surface area contributed by atoms with E-state index in [0.29, 0.717) is 23.2 Å². The molecule has 112 valence electrons. The van der Waals surface area contributed by atoms with Crippen molar-refractivity contribution in [3.8, 4) is 0 Å². The van der Waals surface area contributed by atoms with Gasteiger partial charge in [0.15, 0.2) is 0 Å². The van der Waals surface area contributed by atoms with E-state index in [1.807, 2.05) is 0 Å². The van der Waals surface area contributed by atoms with Crippen molar-refractivity contribution in [1.29, 1.82) is 0 Å². The van der Waals surface area contributed by atoms with E-state index in [0.717, 1.165) is 12.8 Å². The maximum Gasteiger partial charge on any atom is 0.127 e. The van der Waals surface area contributed by atoms with Crippen LogP contribution >= 0.6 is 11.6 Å². The van der Waals surface area contributed by atoms with Crippen molar-refractivity contribution in [3.05, 3.63) is 34.6 Å². The van der Waals surface area contributed by atoms with Crippen LogP contribution in [-0.4, -0.2) is 17.1 Å². The number of benzene rings is 1. The lowest BCUT2D eigenvalue weighted by Gasteiger charge is -2.46. The van der Waals surface area contributed by atoms with Gasteiger partial charge in [-0.25, -0.2) is 4.39 Å². The highest BCUT2D eigenvalue weighted by Crippen LogP contribution is 2.28. The molecular formula is C16H24ClFN2. The first-order valence-corrected chi connectivity index (χ1v) is 7.51. The molecule has 1 fully saturated rings. The fourth-order valence-corrected chi connectivity index (χ4v) is 3.59. The van der Waals surface area contributed by atoms with Gasteiger partial charge in [-0.05, 0) is 58.7 Å². The molecule has 0 bridgehead atoms. The number of piperidine rings is 1. The zero-order chi connectivity index (χ0) is 15.0. The lowest BCUT2D eigenvalue weighted by atomic mass is 9.79. The lowest BCUT2D eigenvalue weighted by Crippen LogP contribution is -2.61. The first-order valence-electron chi connectivity index (χ1n) is 7.14. The maximum absolute atomic E-state index is 13.7. The van der Waals surface area contributed by atoms with E-state index in [1.54, 1.807) is 12.1 Å². The third kappa shape index (κ3) is 4.18. The Bertz CT molecular complexity index is 469. The van der Waals surface area contributed by atoms with E-state index in [1.165, 1.54) is 6.07 Å². The molecule has 4 heteroatoms. The molecule has 0 amide bonds. The van der Waals surface area contributed by atoms with Crippen LogP contribution < -0.4 is 10.6 Å². The molecule has 2 nitrogen and oxygen atoms in total. The van der Waals surface area contributed by atoms with Gasteiger partial charge in [-0.1, -0.05) is 11.6 Å². The molecule has 0 atom stereocenters. The van der Waals surface area contributed by atoms with Gasteiger partial charge < -0.3 is 10.6 Å². The van der Waals surface area contributed by atoms with Crippen LogP contribution in [-0.2, 0) is 6.54 Å². The van der Waals surface area contributed by atoms with Crippen molar-refractivity contribution in [2.24, 2.45) is 0 Å². The van der Waals surface area contributed by atoms with Crippen molar-refractivity contribution in [1.82, 2.24) is 10.6 Å². The van der Waals surface area contributed by atoms with Crippen molar-refractivity contribution in [2.75, 3.05) is 0 Å². The summed E-state index contributed by atoms with van der Waals surface area (Å²) < 4.78 is 13.7. The van der Waals surface area contributed by atoms with E-state index in [2.05, 4.69) is 38.3 Å². The second-order valence-corrected chi connectivity index (χ2v) is 7.55. The number of nitrogens with one attached hydrogen (secondary N) is 2. The molecule has 0 aliphatic carbocycles. The molecule has 1 heterocycles. The van der Waals surface area contributed by atoms with Gasteiger partial charge >= 0.3 is 0 Å². The average molecular weight is 299 g/mol. The zero-order valence-electron chi connectivity index (χ0n) is 12.7. The molecule has 1 aliphatic rings. The van der Waals surface area contributed by atoms with Crippen LogP contribution in [0.3, 0.4) is 0 Å². The molecule has 0 unspecified atom stereocenters. The van der Waals surface area contributed by atoms with Gasteiger partial charge in [-0.3, -0.25) is 0 Å². The van der Waals surface area contributed by atoms with Crippen LogP contribution in [0.15, 0.2) is 18.2 Å². The molecule has 0 aromatic heterocycles. The topological polar surface area (TPSA) is 24.1 Å². The molecule has 20 heavy (non-hydrogen) atoms.